The van der Waals surface area contributed by atoms with E-state index in [2.05, 4.69) is 15.3 Å². The highest BCUT2D eigenvalue weighted by atomic mass is 35.5. The number of nitrogens with zero attached hydrogens (tertiary/aromatic N) is 2. The Morgan fingerprint density at radius 3 is 2.64 bits per heavy atom. The molecule has 0 saturated heterocycles. The summed E-state index contributed by atoms with van der Waals surface area (Å²) in [5.74, 6) is 0.343. The minimum Gasteiger partial charge on any atom is -0.346 e. The lowest BCUT2D eigenvalue weighted by atomic mass is 10.0. The molecule has 1 atom stereocenters. The van der Waals surface area contributed by atoms with Crippen LogP contribution in [0.2, 0.25) is 5.02 Å². The van der Waals surface area contributed by atoms with Gasteiger partial charge in [-0.3, -0.25) is 10.1 Å². The Bertz CT molecular complexity index is 720. The van der Waals surface area contributed by atoms with Crippen LogP contribution in [0.1, 0.15) is 18.0 Å². The second kappa shape index (κ2) is 6.49. The zero-order valence-corrected chi connectivity index (χ0v) is 12.5. The molecule has 1 amide bonds. The molecule has 1 aromatic carbocycles. The Labute approximate surface area is 133 Å². The molecule has 0 fully saturated rings. The molecular weight excluding hydrogens is 300 g/mol. The van der Waals surface area contributed by atoms with Gasteiger partial charge in [0.25, 0.3) is 0 Å². The van der Waals surface area contributed by atoms with Crippen molar-refractivity contribution in [3.8, 4) is 0 Å². The van der Waals surface area contributed by atoms with Crippen molar-refractivity contribution in [1.82, 2.24) is 14.5 Å². The number of aromatic nitrogens is 3. The third-order valence-corrected chi connectivity index (χ3v) is 3.63. The minimum absolute atomic E-state index is 0.0952. The average molecular weight is 315 g/mol. The van der Waals surface area contributed by atoms with Gasteiger partial charge in [-0.05, 0) is 29.8 Å². The Balaban J connectivity index is 1.80. The standard InChI is InChI=1S/C16H15ClN4O/c17-13-5-3-12(4-6-13)14(21-9-1-2-10-21)11-15(22)20-16-18-7-8-19-16/h1-10,14H,11H2,(H2,18,19,20,22)/t14-/m0/s1. The van der Waals surface area contributed by atoms with Gasteiger partial charge in [0.1, 0.15) is 0 Å². The molecule has 0 unspecified atom stereocenters. The second-order valence-electron chi connectivity index (χ2n) is 4.89. The van der Waals surface area contributed by atoms with E-state index < -0.39 is 0 Å². The van der Waals surface area contributed by atoms with E-state index in [9.17, 15) is 4.79 Å². The molecule has 6 heteroatoms. The van der Waals surface area contributed by atoms with E-state index in [4.69, 9.17) is 11.6 Å². The molecule has 0 saturated carbocycles. The molecule has 2 heterocycles. The van der Waals surface area contributed by atoms with Gasteiger partial charge in [-0.1, -0.05) is 23.7 Å². The van der Waals surface area contributed by atoms with Gasteiger partial charge >= 0.3 is 0 Å². The van der Waals surface area contributed by atoms with E-state index in [0.717, 1.165) is 5.56 Å². The van der Waals surface area contributed by atoms with Crippen LogP contribution in [0, 0.1) is 0 Å². The van der Waals surface area contributed by atoms with Crippen molar-refractivity contribution in [2.45, 2.75) is 12.5 Å². The molecule has 0 aliphatic rings. The monoisotopic (exact) mass is 314 g/mol. The first-order valence-electron chi connectivity index (χ1n) is 6.89. The molecule has 0 radical (unpaired) electrons. The number of imidazole rings is 1. The van der Waals surface area contributed by atoms with Crippen LogP contribution in [0.25, 0.3) is 0 Å². The Hall–Kier alpha value is -2.53. The maximum atomic E-state index is 12.2. The summed E-state index contributed by atoms with van der Waals surface area (Å²) in [6, 6.07) is 11.3. The van der Waals surface area contributed by atoms with Crippen LogP contribution in [0.5, 0.6) is 0 Å². The summed E-state index contributed by atoms with van der Waals surface area (Å²) in [4.78, 5) is 19.1. The summed E-state index contributed by atoms with van der Waals surface area (Å²) >= 11 is 5.94. The molecule has 112 valence electrons. The highest BCUT2D eigenvalue weighted by Crippen LogP contribution is 2.24. The molecular formula is C16H15ClN4O. The summed E-state index contributed by atoms with van der Waals surface area (Å²) in [5, 5.41) is 3.43. The molecule has 3 aromatic rings. The van der Waals surface area contributed by atoms with Crippen LogP contribution >= 0.6 is 11.6 Å². The predicted molar refractivity (Wildman–Crippen MR) is 85.9 cm³/mol. The van der Waals surface area contributed by atoms with E-state index in [0.29, 0.717) is 17.4 Å². The van der Waals surface area contributed by atoms with Crippen molar-refractivity contribution in [3.05, 3.63) is 71.8 Å². The molecule has 2 N–H and O–H groups in total. The first kappa shape index (κ1) is 14.4. The summed E-state index contributed by atoms with van der Waals surface area (Å²) in [6.45, 7) is 0. The number of carbonyl (C=O) groups is 1. The van der Waals surface area contributed by atoms with Gasteiger partial charge in [0.15, 0.2) is 0 Å². The quantitative estimate of drug-likeness (QED) is 0.757. The first-order chi connectivity index (χ1) is 10.7. The highest BCUT2D eigenvalue weighted by molar-refractivity contribution is 6.30. The maximum Gasteiger partial charge on any atom is 0.229 e. The lowest BCUT2D eigenvalue weighted by molar-refractivity contribution is -0.116. The van der Waals surface area contributed by atoms with E-state index in [1.165, 1.54) is 0 Å². The number of halogens is 1. The summed E-state index contributed by atoms with van der Waals surface area (Å²) < 4.78 is 2.00. The minimum atomic E-state index is -0.108. The molecule has 0 aliphatic carbocycles. The predicted octanol–water partition coefficient (Wildman–Crippen LogP) is 3.48. The number of amides is 1. The fourth-order valence-corrected chi connectivity index (χ4v) is 2.45. The molecule has 0 spiro atoms. The number of carbonyl (C=O) groups excluding carboxylic acids is 1. The molecule has 3 rings (SSSR count). The van der Waals surface area contributed by atoms with Crippen LogP contribution < -0.4 is 5.32 Å². The number of hydrogen-bond donors (Lipinski definition) is 2. The number of hydrogen-bond acceptors (Lipinski definition) is 2. The van der Waals surface area contributed by atoms with Crippen molar-refractivity contribution >= 4 is 23.5 Å². The van der Waals surface area contributed by atoms with Gasteiger partial charge in [0, 0.05) is 29.8 Å². The highest BCUT2D eigenvalue weighted by Gasteiger charge is 2.18. The Morgan fingerprint density at radius 2 is 2.00 bits per heavy atom. The number of H-pyrrole nitrogens is 1. The van der Waals surface area contributed by atoms with Crippen molar-refractivity contribution in [2.24, 2.45) is 0 Å². The van der Waals surface area contributed by atoms with Gasteiger partial charge in [0.05, 0.1) is 12.5 Å². The van der Waals surface area contributed by atoms with Crippen LogP contribution in [0.3, 0.4) is 0 Å². The Morgan fingerprint density at radius 1 is 1.27 bits per heavy atom. The van der Waals surface area contributed by atoms with Crippen molar-refractivity contribution in [1.29, 1.82) is 0 Å². The number of anilines is 1. The van der Waals surface area contributed by atoms with Gasteiger partial charge < -0.3 is 9.55 Å². The first-order valence-corrected chi connectivity index (χ1v) is 7.27. The maximum absolute atomic E-state index is 12.2. The van der Waals surface area contributed by atoms with Gasteiger partial charge in [-0.25, -0.2) is 4.98 Å². The van der Waals surface area contributed by atoms with E-state index >= 15 is 0 Å². The van der Waals surface area contributed by atoms with Gasteiger partial charge in [0.2, 0.25) is 11.9 Å². The number of nitrogens with one attached hydrogen (secondary N) is 2. The van der Waals surface area contributed by atoms with Crippen LogP contribution in [0.4, 0.5) is 5.95 Å². The van der Waals surface area contributed by atoms with Crippen LogP contribution in [-0.4, -0.2) is 20.4 Å². The number of benzene rings is 1. The number of rotatable bonds is 5. The van der Waals surface area contributed by atoms with E-state index in [-0.39, 0.29) is 11.9 Å². The lowest BCUT2D eigenvalue weighted by Gasteiger charge is -2.19. The molecule has 0 bridgehead atoms. The fraction of sp³-hybridized carbons (Fsp3) is 0.125. The summed E-state index contributed by atoms with van der Waals surface area (Å²) in [6.07, 6.45) is 7.45. The van der Waals surface area contributed by atoms with Crippen LogP contribution in [0.15, 0.2) is 61.2 Å². The van der Waals surface area contributed by atoms with Gasteiger partial charge in [-0.15, -0.1) is 0 Å². The third kappa shape index (κ3) is 3.38. The zero-order valence-electron chi connectivity index (χ0n) is 11.7. The molecule has 2 aromatic heterocycles. The Kier molecular flexibility index (Phi) is 4.25. The smallest absolute Gasteiger partial charge is 0.229 e. The van der Waals surface area contributed by atoms with E-state index in [1.807, 2.05) is 53.4 Å². The topological polar surface area (TPSA) is 62.7 Å². The number of aromatic amines is 1. The molecule has 0 aliphatic heterocycles. The summed E-state index contributed by atoms with van der Waals surface area (Å²) in [5.41, 5.74) is 1.02. The average Bonchev–Trinajstić information content (AvgIpc) is 3.19. The fourth-order valence-electron chi connectivity index (χ4n) is 2.33. The van der Waals surface area contributed by atoms with Crippen molar-refractivity contribution < 1.29 is 4.79 Å². The zero-order chi connectivity index (χ0) is 15.4. The van der Waals surface area contributed by atoms with Crippen LogP contribution in [-0.2, 0) is 4.79 Å². The summed E-state index contributed by atoms with van der Waals surface area (Å²) in [7, 11) is 0. The SMILES string of the molecule is O=C(C[C@@H](c1ccc(Cl)cc1)n1cccc1)Nc1ncc[nH]1. The molecule has 22 heavy (non-hydrogen) atoms. The van der Waals surface area contributed by atoms with Gasteiger partial charge in [-0.2, -0.15) is 0 Å². The van der Waals surface area contributed by atoms with E-state index in [1.54, 1.807) is 12.4 Å². The lowest BCUT2D eigenvalue weighted by Crippen LogP contribution is -2.20. The van der Waals surface area contributed by atoms with Crippen molar-refractivity contribution in [2.75, 3.05) is 5.32 Å². The largest absolute Gasteiger partial charge is 0.346 e. The second-order valence-corrected chi connectivity index (χ2v) is 5.32. The third-order valence-electron chi connectivity index (χ3n) is 3.38. The van der Waals surface area contributed by atoms with Crippen molar-refractivity contribution in [3.63, 3.8) is 0 Å². The normalized spacial score (nSPS) is 12.0. The molecule has 5 nitrogen and oxygen atoms in total.